The Morgan fingerprint density at radius 3 is 1.37 bits per heavy atom. The minimum absolute atomic E-state index is 0.114. The van der Waals surface area contributed by atoms with Crippen LogP contribution in [0.2, 0.25) is 0 Å². The van der Waals surface area contributed by atoms with Crippen LogP contribution >= 0.6 is 0 Å². The van der Waals surface area contributed by atoms with Crippen molar-refractivity contribution in [3.63, 3.8) is 0 Å². The third-order valence-corrected chi connectivity index (χ3v) is 6.05. The lowest BCUT2D eigenvalue weighted by Crippen LogP contribution is -2.09. The lowest BCUT2D eigenvalue weighted by atomic mass is 10.00. The summed E-state index contributed by atoms with van der Waals surface area (Å²) in [6.45, 7) is 0. The van der Waals surface area contributed by atoms with Gasteiger partial charge in [0.25, 0.3) is 0 Å². The largest absolute Gasteiger partial charge is 0.502 e. The molecule has 0 saturated carbocycles. The molecule has 0 fully saturated rings. The van der Waals surface area contributed by atoms with Crippen molar-refractivity contribution in [1.82, 2.24) is 0 Å². The summed E-state index contributed by atoms with van der Waals surface area (Å²) in [5.41, 5.74) is 1.40. The minimum Gasteiger partial charge on any atom is -0.502 e. The van der Waals surface area contributed by atoms with Crippen molar-refractivity contribution in [3.8, 4) is 40.2 Å². The molecule has 9 heteroatoms. The number of hydrogen-bond donors (Lipinski definition) is 1. The number of methoxy groups -OCH3 is 6. The molecular formula is C32H32O9. The molecular weight excluding hydrogens is 528 g/mol. The van der Waals surface area contributed by atoms with Crippen molar-refractivity contribution in [2.75, 3.05) is 42.7 Å². The molecule has 0 unspecified atom stereocenters. The van der Waals surface area contributed by atoms with E-state index in [1.54, 1.807) is 36.4 Å². The summed E-state index contributed by atoms with van der Waals surface area (Å²) in [4.78, 5) is 27.0. The molecule has 0 aromatic heterocycles. The molecule has 3 rings (SSSR count). The van der Waals surface area contributed by atoms with Gasteiger partial charge in [-0.2, -0.15) is 0 Å². The summed E-state index contributed by atoms with van der Waals surface area (Å²) in [6.07, 6.45) is 7.02. The molecule has 0 heterocycles. The summed E-state index contributed by atoms with van der Waals surface area (Å²) in [6, 6.07) is 13.3. The molecule has 214 valence electrons. The first-order chi connectivity index (χ1) is 19.8. The van der Waals surface area contributed by atoms with E-state index >= 15 is 0 Å². The highest BCUT2D eigenvalue weighted by molar-refractivity contribution is 6.31. The lowest BCUT2D eigenvalue weighted by molar-refractivity contribution is -0.116. The predicted octanol–water partition coefficient (Wildman–Crippen LogP) is 5.39. The van der Waals surface area contributed by atoms with E-state index in [0.717, 1.165) is 0 Å². The van der Waals surface area contributed by atoms with Gasteiger partial charge >= 0.3 is 0 Å². The summed E-state index contributed by atoms with van der Waals surface area (Å²) in [5, 5.41) is 10.3. The monoisotopic (exact) mass is 560 g/mol. The van der Waals surface area contributed by atoms with E-state index in [1.165, 1.54) is 85.2 Å². The Morgan fingerprint density at radius 1 is 0.585 bits per heavy atom. The number of carbonyl (C=O) groups is 2. The second kappa shape index (κ2) is 14.3. The van der Waals surface area contributed by atoms with Crippen LogP contribution in [-0.4, -0.2) is 59.3 Å². The van der Waals surface area contributed by atoms with Crippen molar-refractivity contribution in [1.29, 1.82) is 0 Å². The zero-order valence-electron chi connectivity index (χ0n) is 23.7. The maximum Gasteiger partial charge on any atom is 0.200 e. The SMILES string of the molecule is COc1ccc(OC)c(/C=C/C(=O)C(=Cc2cc(OC)c(O)c(OC)c2)C(=O)/C=C/c2cc(OC)ccc2OC)c1. The first kappa shape index (κ1) is 30.4. The third kappa shape index (κ3) is 7.48. The van der Waals surface area contributed by atoms with Crippen LogP contribution in [0.4, 0.5) is 0 Å². The number of hydrogen-bond acceptors (Lipinski definition) is 9. The Kier molecular flexibility index (Phi) is 10.6. The Bertz CT molecular complexity index is 1390. The van der Waals surface area contributed by atoms with E-state index in [4.69, 9.17) is 28.4 Å². The van der Waals surface area contributed by atoms with Crippen LogP contribution in [-0.2, 0) is 9.59 Å². The standard InChI is InChI=1S/C32H32O9/c1-36-23-9-13-28(38-3)21(18-23)7-11-26(33)25(15-20-16-30(40-5)32(35)31(17-20)41-6)27(34)12-8-22-19-24(37-2)10-14-29(22)39-4/h7-19,35H,1-6H3/b11-7+,12-8+. The zero-order chi connectivity index (χ0) is 29.9. The normalized spacial score (nSPS) is 10.8. The molecule has 0 atom stereocenters. The van der Waals surface area contributed by atoms with Crippen molar-refractivity contribution < 1.29 is 43.1 Å². The van der Waals surface area contributed by atoms with Gasteiger partial charge in [0.2, 0.25) is 5.75 Å². The van der Waals surface area contributed by atoms with E-state index in [0.29, 0.717) is 39.7 Å². The van der Waals surface area contributed by atoms with Gasteiger partial charge in [0.15, 0.2) is 23.1 Å². The number of allylic oxidation sites excluding steroid dienone is 3. The van der Waals surface area contributed by atoms with Crippen LogP contribution in [0.3, 0.4) is 0 Å². The number of rotatable bonds is 13. The molecule has 41 heavy (non-hydrogen) atoms. The van der Waals surface area contributed by atoms with Gasteiger partial charge in [0.05, 0.1) is 48.2 Å². The molecule has 1 N–H and O–H groups in total. The van der Waals surface area contributed by atoms with Crippen molar-refractivity contribution >= 4 is 29.8 Å². The molecule has 0 spiro atoms. The number of benzene rings is 3. The highest BCUT2D eigenvalue weighted by Crippen LogP contribution is 2.38. The fourth-order valence-electron chi connectivity index (χ4n) is 3.88. The van der Waals surface area contributed by atoms with Crippen LogP contribution in [0.15, 0.2) is 66.3 Å². The molecule has 3 aromatic carbocycles. The minimum atomic E-state index is -0.576. The first-order valence-electron chi connectivity index (χ1n) is 12.3. The van der Waals surface area contributed by atoms with Crippen LogP contribution in [0, 0.1) is 0 Å². The van der Waals surface area contributed by atoms with Crippen LogP contribution in [0.1, 0.15) is 16.7 Å². The zero-order valence-corrected chi connectivity index (χ0v) is 23.7. The van der Waals surface area contributed by atoms with E-state index < -0.39 is 11.6 Å². The van der Waals surface area contributed by atoms with Gasteiger partial charge in [0, 0.05) is 11.1 Å². The van der Waals surface area contributed by atoms with E-state index in [2.05, 4.69) is 0 Å². The summed E-state index contributed by atoms with van der Waals surface area (Å²) < 4.78 is 31.8. The number of aromatic hydroxyl groups is 1. The van der Waals surface area contributed by atoms with Crippen LogP contribution in [0.25, 0.3) is 18.2 Å². The molecule has 0 saturated heterocycles. The summed E-state index contributed by atoms with van der Waals surface area (Å²) in [5.74, 6) is 1.05. The number of phenols is 1. The maximum absolute atomic E-state index is 13.5. The maximum atomic E-state index is 13.5. The number of ether oxygens (including phenoxy) is 6. The van der Waals surface area contributed by atoms with Gasteiger partial charge < -0.3 is 33.5 Å². The first-order valence-corrected chi connectivity index (χ1v) is 12.3. The third-order valence-electron chi connectivity index (χ3n) is 6.05. The van der Waals surface area contributed by atoms with Gasteiger partial charge in [0.1, 0.15) is 23.0 Å². The average Bonchev–Trinajstić information content (AvgIpc) is 3.01. The molecule has 0 radical (unpaired) electrons. The smallest absolute Gasteiger partial charge is 0.200 e. The highest BCUT2D eigenvalue weighted by atomic mass is 16.5. The van der Waals surface area contributed by atoms with Crippen molar-refractivity contribution in [2.45, 2.75) is 0 Å². The van der Waals surface area contributed by atoms with E-state index in [-0.39, 0.29) is 22.8 Å². The fraction of sp³-hybridized carbons (Fsp3) is 0.188. The van der Waals surface area contributed by atoms with Crippen molar-refractivity contribution in [2.24, 2.45) is 0 Å². The molecule has 0 aliphatic rings. The van der Waals surface area contributed by atoms with Crippen molar-refractivity contribution in [3.05, 3.63) is 82.9 Å². The second-order valence-corrected chi connectivity index (χ2v) is 8.44. The Balaban J connectivity index is 2.09. The second-order valence-electron chi connectivity index (χ2n) is 8.44. The molecule has 0 amide bonds. The van der Waals surface area contributed by atoms with Crippen LogP contribution in [0.5, 0.6) is 40.2 Å². The molecule has 0 aliphatic carbocycles. The Hall–Kier alpha value is -5.18. The lowest BCUT2D eigenvalue weighted by Gasteiger charge is -2.10. The Labute approximate surface area is 238 Å². The summed E-state index contributed by atoms with van der Waals surface area (Å²) in [7, 11) is 8.85. The van der Waals surface area contributed by atoms with Gasteiger partial charge in [-0.25, -0.2) is 0 Å². The Morgan fingerprint density at radius 2 is 1.00 bits per heavy atom. The molecule has 0 aliphatic heterocycles. The topological polar surface area (TPSA) is 110 Å². The average molecular weight is 561 g/mol. The van der Waals surface area contributed by atoms with Crippen LogP contribution < -0.4 is 28.4 Å². The quantitative estimate of drug-likeness (QED) is 0.167. The van der Waals surface area contributed by atoms with E-state index in [9.17, 15) is 14.7 Å². The predicted molar refractivity (Wildman–Crippen MR) is 156 cm³/mol. The molecule has 9 nitrogen and oxygen atoms in total. The molecule has 3 aromatic rings. The number of phenolic OH excluding ortho intramolecular Hbond substituents is 1. The highest BCUT2D eigenvalue weighted by Gasteiger charge is 2.17. The van der Waals surface area contributed by atoms with Gasteiger partial charge in [-0.1, -0.05) is 0 Å². The fourth-order valence-corrected chi connectivity index (χ4v) is 3.88. The number of carbonyl (C=O) groups excluding carboxylic acids is 2. The van der Waals surface area contributed by atoms with Gasteiger partial charge in [-0.05, 0) is 84.5 Å². The van der Waals surface area contributed by atoms with Gasteiger partial charge in [-0.3, -0.25) is 9.59 Å². The number of ketones is 2. The van der Waals surface area contributed by atoms with E-state index in [1.807, 2.05) is 0 Å². The summed E-state index contributed by atoms with van der Waals surface area (Å²) >= 11 is 0. The van der Waals surface area contributed by atoms with Gasteiger partial charge in [-0.15, -0.1) is 0 Å². The molecule has 0 bridgehead atoms.